The number of rotatable bonds is 6. The molecule has 1 amide bonds. The van der Waals surface area contributed by atoms with E-state index in [0.29, 0.717) is 11.0 Å². The number of thioether (sulfide) groups is 1. The number of hydrogen-bond acceptors (Lipinski definition) is 6. The summed E-state index contributed by atoms with van der Waals surface area (Å²) >= 11 is 1.31. The Kier molecular flexibility index (Phi) is 4.64. The minimum absolute atomic E-state index is 0.0559. The molecule has 6 rings (SSSR count). The fraction of sp³-hybridized carbons (Fsp3) is 0.750. The third-order valence-electron chi connectivity index (χ3n) is 6.81. The van der Waals surface area contributed by atoms with Crippen LogP contribution in [0.5, 0.6) is 5.88 Å². The maximum Gasteiger partial charge on any atom is 0.282 e. The third-order valence-corrected chi connectivity index (χ3v) is 7.36. The van der Waals surface area contributed by atoms with Crippen LogP contribution in [-0.4, -0.2) is 53.3 Å². The number of hydrogen-bond donors (Lipinski definition) is 1. The van der Waals surface area contributed by atoms with Crippen molar-refractivity contribution >= 4 is 23.5 Å². The fourth-order valence-electron chi connectivity index (χ4n) is 6.13. The van der Waals surface area contributed by atoms with Crippen molar-refractivity contribution in [1.82, 2.24) is 15.3 Å². The molecule has 1 saturated heterocycles. The van der Waals surface area contributed by atoms with Crippen molar-refractivity contribution in [3.63, 3.8) is 0 Å². The molecule has 0 spiro atoms. The van der Waals surface area contributed by atoms with Crippen LogP contribution in [0.25, 0.3) is 0 Å². The molecule has 0 aromatic carbocycles. The van der Waals surface area contributed by atoms with Crippen molar-refractivity contribution in [3.8, 4) is 5.88 Å². The van der Waals surface area contributed by atoms with Gasteiger partial charge < -0.3 is 15.0 Å². The van der Waals surface area contributed by atoms with E-state index < -0.39 is 5.92 Å². The molecule has 4 saturated carbocycles. The van der Waals surface area contributed by atoms with Gasteiger partial charge in [0.15, 0.2) is 11.8 Å². The molecule has 4 bridgehead atoms. The summed E-state index contributed by atoms with van der Waals surface area (Å²) < 4.78 is 32.0. The van der Waals surface area contributed by atoms with E-state index in [0.717, 1.165) is 37.0 Å². The van der Waals surface area contributed by atoms with Crippen molar-refractivity contribution in [1.29, 1.82) is 0 Å². The van der Waals surface area contributed by atoms with Crippen LogP contribution >= 0.6 is 11.8 Å². The molecule has 1 aromatic rings. The summed E-state index contributed by atoms with van der Waals surface area (Å²) in [6, 6.07) is 1.53. The number of carbonyl (C=O) groups excluding carboxylic acids is 1. The quantitative estimate of drug-likeness (QED) is 0.559. The first-order valence-corrected chi connectivity index (χ1v) is 11.5. The highest BCUT2D eigenvalue weighted by Crippen LogP contribution is 2.55. The topological polar surface area (TPSA) is 67.3 Å². The van der Waals surface area contributed by atoms with E-state index in [9.17, 15) is 13.6 Å². The van der Waals surface area contributed by atoms with Crippen molar-refractivity contribution < 1.29 is 18.3 Å². The first-order chi connectivity index (χ1) is 13.8. The van der Waals surface area contributed by atoms with Crippen LogP contribution in [0.15, 0.2) is 11.2 Å². The number of alkyl halides is 2. The summed E-state index contributed by atoms with van der Waals surface area (Å²) in [6.07, 6.45) is 9.03. The van der Waals surface area contributed by atoms with Crippen LogP contribution < -0.4 is 15.0 Å². The van der Waals surface area contributed by atoms with Crippen molar-refractivity contribution in [2.75, 3.05) is 30.9 Å². The molecule has 1 aromatic heterocycles. The highest BCUT2D eigenvalue weighted by atomic mass is 32.2. The number of anilines is 1. The Hall–Kier alpha value is -1.64. The number of nitrogens with one attached hydrogen (secondary N) is 1. The lowest BCUT2D eigenvalue weighted by Crippen LogP contribution is -2.60. The lowest BCUT2D eigenvalue weighted by molar-refractivity contribution is -0.128. The third kappa shape index (κ3) is 3.90. The van der Waals surface area contributed by atoms with E-state index in [-0.39, 0.29) is 37.0 Å². The monoisotopic (exact) mass is 424 g/mol. The second-order valence-corrected chi connectivity index (χ2v) is 10.1. The van der Waals surface area contributed by atoms with Crippen molar-refractivity contribution in [2.24, 2.45) is 17.8 Å². The van der Waals surface area contributed by atoms with Crippen LogP contribution in [0.4, 0.5) is 14.6 Å². The molecule has 29 heavy (non-hydrogen) atoms. The smallest absolute Gasteiger partial charge is 0.282 e. The Morgan fingerprint density at radius 1 is 1.21 bits per heavy atom. The first kappa shape index (κ1) is 19.3. The Balaban J connectivity index is 1.21. The second-order valence-electron chi connectivity index (χ2n) is 9.30. The van der Waals surface area contributed by atoms with Gasteiger partial charge in [0.2, 0.25) is 5.88 Å². The largest absolute Gasteiger partial charge is 0.467 e. The van der Waals surface area contributed by atoms with Crippen LogP contribution in [0.2, 0.25) is 0 Å². The molecule has 0 unspecified atom stereocenters. The molecule has 5 fully saturated rings. The summed E-state index contributed by atoms with van der Waals surface area (Å²) in [5, 5.41) is 3.71. The zero-order valence-corrected chi connectivity index (χ0v) is 17.3. The van der Waals surface area contributed by atoms with Gasteiger partial charge >= 0.3 is 0 Å². The summed E-state index contributed by atoms with van der Waals surface area (Å²) in [5.41, 5.74) is -0.0559. The molecule has 158 valence electrons. The van der Waals surface area contributed by atoms with Gasteiger partial charge in [0.25, 0.3) is 11.8 Å². The number of nitrogens with zero attached hydrogens (tertiary/aromatic N) is 3. The maximum absolute atomic E-state index is 13.2. The van der Waals surface area contributed by atoms with Gasteiger partial charge in [-0.25, -0.2) is 13.8 Å². The van der Waals surface area contributed by atoms with Crippen molar-refractivity contribution in [3.05, 3.63) is 6.07 Å². The van der Waals surface area contributed by atoms with E-state index in [2.05, 4.69) is 15.3 Å². The van der Waals surface area contributed by atoms with Crippen LogP contribution in [0.3, 0.4) is 0 Å². The highest BCUT2D eigenvalue weighted by Gasteiger charge is 2.51. The molecular weight excluding hydrogens is 398 g/mol. The summed E-state index contributed by atoms with van der Waals surface area (Å²) in [7, 11) is 0. The predicted octanol–water partition coefficient (Wildman–Crippen LogP) is 3.12. The van der Waals surface area contributed by atoms with E-state index in [4.69, 9.17) is 4.74 Å². The normalized spacial score (nSPS) is 34.0. The minimum atomic E-state index is -2.68. The van der Waals surface area contributed by atoms with Gasteiger partial charge in [0, 0.05) is 11.6 Å². The second kappa shape index (κ2) is 6.96. The number of halogens is 2. The van der Waals surface area contributed by atoms with Gasteiger partial charge in [-0.15, -0.1) is 0 Å². The number of aromatic nitrogens is 2. The molecule has 0 radical (unpaired) electrons. The van der Waals surface area contributed by atoms with Gasteiger partial charge in [-0.05, 0) is 62.5 Å². The Morgan fingerprint density at radius 3 is 2.38 bits per heavy atom. The van der Waals surface area contributed by atoms with Gasteiger partial charge in [-0.1, -0.05) is 11.8 Å². The van der Waals surface area contributed by atoms with Crippen LogP contribution in [-0.2, 0) is 4.79 Å². The minimum Gasteiger partial charge on any atom is -0.467 e. The Bertz CT molecular complexity index is 778. The van der Waals surface area contributed by atoms with E-state index in [1.54, 1.807) is 0 Å². The molecule has 1 aliphatic heterocycles. The first-order valence-electron chi connectivity index (χ1n) is 10.3. The maximum atomic E-state index is 13.2. The van der Waals surface area contributed by atoms with Gasteiger partial charge in [-0.2, -0.15) is 4.98 Å². The zero-order chi connectivity index (χ0) is 20.2. The summed E-state index contributed by atoms with van der Waals surface area (Å²) in [5.74, 6) is 0.112. The van der Waals surface area contributed by atoms with Gasteiger partial charge in [-0.3, -0.25) is 4.79 Å². The number of amides is 1. The average Bonchev–Trinajstić information content (AvgIpc) is 2.62. The van der Waals surface area contributed by atoms with Crippen LogP contribution in [0, 0.1) is 17.8 Å². The van der Waals surface area contributed by atoms with Crippen molar-refractivity contribution in [2.45, 2.75) is 55.1 Å². The molecule has 2 heterocycles. The number of carbonyl (C=O) groups is 1. The van der Waals surface area contributed by atoms with Gasteiger partial charge in [0.05, 0.1) is 13.1 Å². The zero-order valence-electron chi connectivity index (χ0n) is 16.5. The molecule has 4 aliphatic carbocycles. The van der Waals surface area contributed by atoms with Crippen LogP contribution in [0.1, 0.15) is 38.5 Å². The number of ether oxygens (including phenoxy) is 1. The highest BCUT2D eigenvalue weighted by molar-refractivity contribution is 7.98. The van der Waals surface area contributed by atoms with Gasteiger partial charge in [0.1, 0.15) is 5.82 Å². The van der Waals surface area contributed by atoms with E-state index in [1.165, 1.54) is 42.0 Å². The Morgan fingerprint density at radius 2 is 1.83 bits per heavy atom. The average molecular weight is 425 g/mol. The predicted molar refractivity (Wildman–Crippen MR) is 106 cm³/mol. The molecule has 6 nitrogen and oxygen atoms in total. The van der Waals surface area contributed by atoms with E-state index in [1.807, 2.05) is 6.26 Å². The van der Waals surface area contributed by atoms with E-state index >= 15 is 0 Å². The molecule has 1 N–H and O–H groups in total. The summed E-state index contributed by atoms with van der Waals surface area (Å²) in [6.45, 7) is -0.838. The SMILES string of the molecule is CSc1nc(OCC(=O)NC23CC4CC(CC(C4)C2)C3)cc(N2CC(F)(F)C2)n1. The Labute approximate surface area is 173 Å². The summed E-state index contributed by atoms with van der Waals surface area (Å²) in [4.78, 5) is 22.7. The lowest BCUT2D eigenvalue weighted by atomic mass is 9.53. The molecule has 9 heteroatoms. The molecule has 5 aliphatic rings. The standard InChI is InChI=1S/C20H26F2N4O2S/c1-29-18-23-15(26-10-20(21,22)11-26)5-17(24-18)28-9-16(27)25-19-6-12-2-13(7-19)4-14(3-12)8-19/h5,12-14H,2-4,6-11H2,1H3,(H,25,27). The fourth-order valence-corrected chi connectivity index (χ4v) is 6.49. The molecular formula is C20H26F2N4O2S. The molecule has 0 atom stereocenters. The lowest BCUT2D eigenvalue weighted by Gasteiger charge is -2.56.